The number of hydrogen-bond acceptors (Lipinski definition) is 2. The summed E-state index contributed by atoms with van der Waals surface area (Å²) in [6.07, 6.45) is 1.57. The van der Waals surface area contributed by atoms with Crippen molar-refractivity contribution in [2.45, 2.75) is 6.92 Å². The minimum absolute atomic E-state index is 0.179. The topological polar surface area (TPSA) is 50.2 Å². The van der Waals surface area contributed by atoms with Crippen molar-refractivity contribution in [2.75, 3.05) is 0 Å². The lowest BCUT2D eigenvalue weighted by atomic mass is 10.0. The van der Waals surface area contributed by atoms with Crippen LogP contribution in [-0.2, 0) is 0 Å². The van der Waals surface area contributed by atoms with Crippen molar-refractivity contribution in [1.82, 2.24) is 4.98 Å². The number of carboxylic acids is 1. The summed E-state index contributed by atoms with van der Waals surface area (Å²) in [7, 11) is 0. The van der Waals surface area contributed by atoms with Crippen LogP contribution in [0.4, 0.5) is 0 Å². The molecule has 0 radical (unpaired) electrons. The maximum Gasteiger partial charge on any atom is 0.337 e. The molecule has 0 aliphatic rings. The van der Waals surface area contributed by atoms with Crippen molar-refractivity contribution < 1.29 is 9.90 Å². The average Bonchev–Trinajstić information content (AvgIpc) is 2.33. The number of halogens is 1. The molecule has 86 valence electrons. The number of nitrogens with zero attached hydrogens (tertiary/aromatic N) is 1. The largest absolute Gasteiger partial charge is 0.478 e. The van der Waals surface area contributed by atoms with Gasteiger partial charge in [0, 0.05) is 16.8 Å². The summed E-state index contributed by atoms with van der Waals surface area (Å²) >= 11 is 6.02. The fraction of sp³-hybridized carbons (Fsp3) is 0.0769. The molecule has 1 N–H and O–H groups in total. The van der Waals surface area contributed by atoms with E-state index in [2.05, 4.69) is 4.98 Å². The fourth-order valence-electron chi connectivity index (χ4n) is 1.66. The minimum Gasteiger partial charge on any atom is -0.478 e. The van der Waals surface area contributed by atoms with Gasteiger partial charge in [0.1, 0.15) is 0 Å². The number of carboxylic acid groups (broad SMARTS) is 1. The smallest absolute Gasteiger partial charge is 0.337 e. The Morgan fingerprint density at radius 3 is 2.76 bits per heavy atom. The van der Waals surface area contributed by atoms with Gasteiger partial charge in [0.2, 0.25) is 0 Å². The van der Waals surface area contributed by atoms with E-state index in [1.807, 2.05) is 13.0 Å². The first-order valence-electron chi connectivity index (χ1n) is 5.05. The molecule has 1 aromatic carbocycles. The van der Waals surface area contributed by atoms with E-state index in [0.717, 1.165) is 11.1 Å². The molecule has 3 nitrogen and oxygen atoms in total. The molecule has 0 saturated carbocycles. The number of hydrogen-bond donors (Lipinski definition) is 1. The van der Waals surface area contributed by atoms with E-state index in [4.69, 9.17) is 16.7 Å². The summed E-state index contributed by atoms with van der Waals surface area (Å²) in [6.45, 7) is 1.85. The van der Waals surface area contributed by atoms with Gasteiger partial charge in [-0.1, -0.05) is 23.7 Å². The predicted molar refractivity (Wildman–Crippen MR) is 66.4 cm³/mol. The van der Waals surface area contributed by atoms with E-state index in [0.29, 0.717) is 10.7 Å². The van der Waals surface area contributed by atoms with Crippen molar-refractivity contribution >= 4 is 17.6 Å². The zero-order valence-corrected chi connectivity index (χ0v) is 9.90. The molecule has 0 aliphatic carbocycles. The average molecular weight is 248 g/mol. The Kier molecular flexibility index (Phi) is 3.11. The Morgan fingerprint density at radius 2 is 2.06 bits per heavy atom. The number of aromatic carboxylic acids is 1. The van der Waals surface area contributed by atoms with Gasteiger partial charge < -0.3 is 5.11 Å². The van der Waals surface area contributed by atoms with Gasteiger partial charge in [-0.05, 0) is 30.7 Å². The van der Waals surface area contributed by atoms with E-state index in [9.17, 15) is 4.79 Å². The maximum absolute atomic E-state index is 11.1. The van der Waals surface area contributed by atoms with Gasteiger partial charge in [-0.3, -0.25) is 4.98 Å². The number of pyridine rings is 1. The second-order valence-electron chi connectivity index (χ2n) is 3.62. The molecule has 2 rings (SSSR count). The first-order valence-corrected chi connectivity index (χ1v) is 5.43. The van der Waals surface area contributed by atoms with Crippen LogP contribution in [-0.4, -0.2) is 16.1 Å². The van der Waals surface area contributed by atoms with Crippen molar-refractivity contribution in [2.24, 2.45) is 0 Å². The van der Waals surface area contributed by atoms with E-state index < -0.39 is 5.97 Å². The fourth-order valence-corrected chi connectivity index (χ4v) is 1.83. The molecule has 0 fully saturated rings. The van der Waals surface area contributed by atoms with Crippen LogP contribution < -0.4 is 0 Å². The van der Waals surface area contributed by atoms with Gasteiger partial charge in [0.05, 0.1) is 11.3 Å². The maximum atomic E-state index is 11.1. The van der Waals surface area contributed by atoms with E-state index in [1.54, 1.807) is 24.4 Å². The SMILES string of the molecule is Cc1c(Cl)cccc1-c1ncccc1C(=O)O. The van der Waals surface area contributed by atoms with E-state index in [-0.39, 0.29) is 5.56 Å². The third-order valence-electron chi connectivity index (χ3n) is 2.56. The Hall–Kier alpha value is -1.87. The lowest BCUT2D eigenvalue weighted by Crippen LogP contribution is -2.02. The molecule has 0 spiro atoms. The van der Waals surface area contributed by atoms with Crippen molar-refractivity contribution in [3.63, 3.8) is 0 Å². The molecule has 0 saturated heterocycles. The molecule has 0 unspecified atom stereocenters. The van der Waals surface area contributed by atoms with Gasteiger partial charge >= 0.3 is 5.97 Å². The van der Waals surface area contributed by atoms with Gasteiger partial charge in [-0.2, -0.15) is 0 Å². The highest BCUT2D eigenvalue weighted by Crippen LogP contribution is 2.29. The highest BCUT2D eigenvalue weighted by atomic mass is 35.5. The van der Waals surface area contributed by atoms with Crippen molar-refractivity contribution in [1.29, 1.82) is 0 Å². The summed E-state index contributed by atoms with van der Waals surface area (Å²) < 4.78 is 0. The zero-order valence-electron chi connectivity index (χ0n) is 9.14. The van der Waals surface area contributed by atoms with Crippen molar-refractivity contribution in [3.05, 3.63) is 52.7 Å². The predicted octanol–water partition coefficient (Wildman–Crippen LogP) is 3.41. The molecular formula is C13H10ClNO2. The van der Waals surface area contributed by atoms with Gasteiger partial charge in [0.25, 0.3) is 0 Å². The molecule has 2 aromatic rings. The Labute approximate surface area is 104 Å². The monoisotopic (exact) mass is 247 g/mol. The second kappa shape index (κ2) is 4.55. The summed E-state index contributed by atoms with van der Waals surface area (Å²) in [5.74, 6) is -0.993. The van der Waals surface area contributed by atoms with Gasteiger partial charge in [-0.15, -0.1) is 0 Å². The van der Waals surface area contributed by atoms with Gasteiger partial charge in [0.15, 0.2) is 0 Å². The van der Waals surface area contributed by atoms with Crippen LogP contribution in [0.15, 0.2) is 36.5 Å². The lowest BCUT2D eigenvalue weighted by Gasteiger charge is -2.09. The molecule has 0 aliphatic heterocycles. The summed E-state index contributed by atoms with van der Waals surface area (Å²) in [6, 6.07) is 8.50. The van der Waals surface area contributed by atoms with E-state index >= 15 is 0 Å². The first kappa shape index (κ1) is 11.6. The third kappa shape index (κ3) is 2.15. The number of benzene rings is 1. The molecule has 1 heterocycles. The Balaban J connectivity index is 2.69. The van der Waals surface area contributed by atoms with Crippen LogP contribution in [0.2, 0.25) is 5.02 Å². The number of rotatable bonds is 2. The highest BCUT2D eigenvalue weighted by molar-refractivity contribution is 6.31. The summed E-state index contributed by atoms with van der Waals surface area (Å²) in [5.41, 5.74) is 2.20. The van der Waals surface area contributed by atoms with Crippen LogP contribution in [0, 0.1) is 6.92 Å². The Bertz CT molecular complexity index is 581. The molecule has 4 heteroatoms. The standard InChI is InChI=1S/C13H10ClNO2/c1-8-9(4-2-6-11(8)14)12-10(13(16)17)5-3-7-15-12/h2-7H,1H3,(H,16,17). The summed E-state index contributed by atoms with van der Waals surface area (Å²) in [4.78, 5) is 15.3. The normalized spacial score (nSPS) is 10.2. The van der Waals surface area contributed by atoms with Crippen LogP contribution in [0.5, 0.6) is 0 Å². The molecule has 0 amide bonds. The molecule has 0 atom stereocenters. The van der Waals surface area contributed by atoms with Crippen LogP contribution in [0.1, 0.15) is 15.9 Å². The first-order chi connectivity index (χ1) is 8.11. The molecule has 17 heavy (non-hydrogen) atoms. The molecule has 1 aromatic heterocycles. The third-order valence-corrected chi connectivity index (χ3v) is 2.97. The molecule has 0 bridgehead atoms. The zero-order chi connectivity index (χ0) is 12.4. The second-order valence-corrected chi connectivity index (χ2v) is 4.02. The van der Waals surface area contributed by atoms with Crippen LogP contribution >= 0.6 is 11.6 Å². The van der Waals surface area contributed by atoms with Gasteiger partial charge in [-0.25, -0.2) is 4.79 Å². The van der Waals surface area contributed by atoms with Crippen molar-refractivity contribution in [3.8, 4) is 11.3 Å². The number of aromatic nitrogens is 1. The van der Waals surface area contributed by atoms with Crippen LogP contribution in [0.25, 0.3) is 11.3 Å². The Morgan fingerprint density at radius 1 is 1.29 bits per heavy atom. The van der Waals surface area contributed by atoms with E-state index in [1.165, 1.54) is 6.07 Å². The minimum atomic E-state index is -0.993. The van der Waals surface area contributed by atoms with Crippen LogP contribution in [0.3, 0.4) is 0 Å². The quantitative estimate of drug-likeness (QED) is 0.885. The highest BCUT2D eigenvalue weighted by Gasteiger charge is 2.14. The molecular weight excluding hydrogens is 238 g/mol. The summed E-state index contributed by atoms with van der Waals surface area (Å²) in [5, 5.41) is 9.72. The number of carbonyl (C=O) groups is 1. The lowest BCUT2D eigenvalue weighted by molar-refractivity contribution is 0.0697.